The van der Waals surface area contributed by atoms with Gasteiger partial charge < -0.3 is 9.32 Å². The van der Waals surface area contributed by atoms with Crippen molar-refractivity contribution in [2.45, 2.75) is 12.3 Å². The molecule has 2 nitrogen and oxygen atoms in total. The van der Waals surface area contributed by atoms with E-state index in [-0.39, 0.29) is 5.41 Å². The Morgan fingerprint density at radius 1 is 0.362 bits per heavy atom. The highest BCUT2D eigenvalue weighted by Crippen LogP contribution is 2.54. The largest absolute Gasteiger partial charge is 0.456 e. The van der Waals surface area contributed by atoms with Crippen molar-refractivity contribution in [3.63, 3.8) is 0 Å². The second kappa shape index (κ2) is 13.7. The summed E-state index contributed by atoms with van der Waals surface area (Å²) >= 11 is 0. The first-order chi connectivity index (χ1) is 28.7. The van der Waals surface area contributed by atoms with Crippen molar-refractivity contribution < 1.29 is 4.42 Å². The molecule has 0 fully saturated rings. The monoisotopic (exact) mass is 741 g/mol. The van der Waals surface area contributed by atoms with E-state index in [1.54, 1.807) is 0 Å². The molecule has 0 amide bonds. The summed E-state index contributed by atoms with van der Waals surface area (Å²) in [5, 5.41) is 2.20. The Kier molecular flexibility index (Phi) is 7.97. The summed E-state index contributed by atoms with van der Waals surface area (Å²) in [6, 6.07) is 79.1. The highest BCUT2D eigenvalue weighted by molar-refractivity contribution is 6.07. The fourth-order valence-corrected chi connectivity index (χ4v) is 9.42. The van der Waals surface area contributed by atoms with Crippen molar-refractivity contribution in [3.05, 3.63) is 235 Å². The van der Waals surface area contributed by atoms with Crippen molar-refractivity contribution in [2.24, 2.45) is 0 Å². The van der Waals surface area contributed by atoms with Crippen molar-refractivity contribution in [1.29, 1.82) is 0 Å². The lowest BCUT2D eigenvalue weighted by atomic mass is 9.74. The Bertz CT molecular complexity index is 3140. The van der Waals surface area contributed by atoms with Crippen LogP contribution in [0.3, 0.4) is 0 Å². The molecule has 1 atom stereocenters. The fourth-order valence-electron chi connectivity index (χ4n) is 9.42. The topological polar surface area (TPSA) is 16.4 Å². The van der Waals surface area contributed by atoms with Gasteiger partial charge >= 0.3 is 0 Å². The lowest BCUT2D eigenvalue weighted by Gasteiger charge is -2.32. The Labute approximate surface area is 338 Å². The maximum atomic E-state index is 6.36. The minimum Gasteiger partial charge on any atom is -0.456 e. The quantitative estimate of drug-likeness (QED) is 0.162. The summed E-state index contributed by atoms with van der Waals surface area (Å²) in [4.78, 5) is 2.45. The predicted octanol–water partition coefficient (Wildman–Crippen LogP) is 15.4. The van der Waals surface area contributed by atoms with E-state index in [4.69, 9.17) is 4.42 Å². The van der Waals surface area contributed by atoms with Crippen molar-refractivity contribution >= 4 is 39.0 Å². The number of furan rings is 1. The zero-order valence-electron chi connectivity index (χ0n) is 32.1. The standard InChI is InChI=1S/C56H39NO/c1-56(39-20-6-3-7-21-39)51-29-15-12-26-46(51)47-34-32-41(37-52(47)56)57(40-33-35-55-50(36-40)49-28-14-17-31-54(49)58-55)53-30-16-13-27-48(53)45-25-11-10-24-44(45)43-23-9-8-22-42(43)38-18-4-2-5-19-38/h2-37H,1H3. The van der Waals surface area contributed by atoms with Gasteiger partial charge in [0.05, 0.1) is 5.69 Å². The average Bonchev–Trinajstić information content (AvgIpc) is 3.80. The highest BCUT2D eigenvalue weighted by Gasteiger charge is 2.41. The Balaban J connectivity index is 1.16. The minimum absolute atomic E-state index is 0.340. The molecule has 2 heteroatoms. The van der Waals surface area contributed by atoms with E-state index in [1.165, 1.54) is 55.6 Å². The zero-order valence-corrected chi connectivity index (χ0v) is 32.1. The summed E-state index contributed by atoms with van der Waals surface area (Å²) in [6.07, 6.45) is 0. The van der Waals surface area contributed by atoms with E-state index < -0.39 is 0 Å². The molecule has 1 aromatic heterocycles. The van der Waals surface area contributed by atoms with Crippen LogP contribution >= 0.6 is 0 Å². The number of benzene rings is 9. The summed E-state index contributed by atoms with van der Waals surface area (Å²) in [5.41, 5.74) is 18.3. The van der Waals surface area contributed by atoms with Crippen LogP contribution in [0.4, 0.5) is 17.1 Å². The van der Waals surface area contributed by atoms with Crippen LogP contribution in [0.2, 0.25) is 0 Å². The molecule has 0 bridgehead atoms. The van der Waals surface area contributed by atoms with Crippen LogP contribution in [0.1, 0.15) is 23.6 Å². The van der Waals surface area contributed by atoms with E-state index in [9.17, 15) is 0 Å². The van der Waals surface area contributed by atoms with Crippen LogP contribution in [0.5, 0.6) is 0 Å². The van der Waals surface area contributed by atoms with Gasteiger partial charge in [-0.1, -0.05) is 176 Å². The molecule has 11 rings (SSSR count). The fraction of sp³-hybridized carbons (Fsp3) is 0.0357. The smallest absolute Gasteiger partial charge is 0.135 e. The molecule has 0 saturated carbocycles. The van der Waals surface area contributed by atoms with Crippen LogP contribution in [0.25, 0.3) is 66.4 Å². The molecule has 9 aromatic carbocycles. The van der Waals surface area contributed by atoms with E-state index in [1.807, 2.05) is 6.07 Å². The third-order valence-corrected chi connectivity index (χ3v) is 12.2. The van der Waals surface area contributed by atoms with E-state index in [0.717, 1.165) is 44.6 Å². The molecular formula is C56H39NO. The Morgan fingerprint density at radius 2 is 0.879 bits per heavy atom. The molecule has 1 aliphatic carbocycles. The number of anilines is 3. The summed E-state index contributed by atoms with van der Waals surface area (Å²) in [5.74, 6) is 0. The van der Waals surface area contributed by atoms with E-state index >= 15 is 0 Å². The van der Waals surface area contributed by atoms with Crippen LogP contribution in [0.15, 0.2) is 223 Å². The van der Waals surface area contributed by atoms with Gasteiger partial charge in [0.2, 0.25) is 0 Å². The second-order valence-corrected chi connectivity index (χ2v) is 15.4. The van der Waals surface area contributed by atoms with Crippen LogP contribution in [0, 0.1) is 0 Å². The van der Waals surface area contributed by atoms with Gasteiger partial charge in [-0.2, -0.15) is 0 Å². The second-order valence-electron chi connectivity index (χ2n) is 15.4. The number of fused-ring (bicyclic) bond motifs is 6. The number of rotatable bonds is 7. The van der Waals surface area contributed by atoms with Gasteiger partial charge in [-0.3, -0.25) is 0 Å². The van der Waals surface area contributed by atoms with Crippen molar-refractivity contribution in [1.82, 2.24) is 0 Å². The Hall–Kier alpha value is -7.42. The van der Waals surface area contributed by atoms with Gasteiger partial charge in [-0.05, 0) is 105 Å². The highest BCUT2D eigenvalue weighted by atomic mass is 16.3. The molecule has 1 heterocycles. The van der Waals surface area contributed by atoms with Crippen LogP contribution in [-0.2, 0) is 5.41 Å². The van der Waals surface area contributed by atoms with Gasteiger partial charge in [0, 0.05) is 33.1 Å². The van der Waals surface area contributed by atoms with Crippen LogP contribution in [-0.4, -0.2) is 0 Å². The van der Waals surface area contributed by atoms with Gasteiger partial charge in [-0.25, -0.2) is 0 Å². The summed E-state index contributed by atoms with van der Waals surface area (Å²) in [7, 11) is 0. The van der Waals surface area contributed by atoms with Crippen molar-refractivity contribution in [2.75, 3.05) is 4.90 Å². The Morgan fingerprint density at radius 3 is 1.66 bits per heavy atom. The van der Waals surface area contributed by atoms with Gasteiger partial charge in [0.1, 0.15) is 11.2 Å². The van der Waals surface area contributed by atoms with E-state index in [2.05, 4.69) is 224 Å². The lowest BCUT2D eigenvalue weighted by Crippen LogP contribution is -2.22. The van der Waals surface area contributed by atoms with Gasteiger partial charge in [0.25, 0.3) is 0 Å². The molecule has 10 aromatic rings. The lowest BCUT2D eigenvalue weighted by molar-refractivity contribution is 0.669. The first-order valence-corrected chi connectivity index (χ1v) is 20.0. The van der Waals surface area contributed by atoms with Crippen LogP contribution < -0.4 is 4.90 Å². The summed E-state index contributed by atoms with van der Waals surface area (Å²) < 4.78 is 6.36. The molecule has 0 spiro atoms. The molecule has 0 N–H and O–H groups in total. The third-order valence-electron chi connectivity index (χ3n) is 12.2. The number of nitrogens with zero attached hydrogens (tertiary/aromatic N) is 1. The number of hydrogen-bond donors (Lipinski definition) is 0. The molecule has 58 heavy (non-hydrogen) atoms. The molecule has 0 saturated heterocycles. The van der Waals surface area contributed by atoms with Gasteiger partial charge in [-0.15, -0.1) is 0 Å². The molecule has 0 aliphatic heterocycles. The predicted molar refractivity (Wildman–Crippen MR) is 242 cm³/mol. The zero-order chi connectivity index (χ0) is 38.6. The molecule has 1 aliphatic rings. The third kappa shape index (κ3) is 5.33. The maximum Gasteiger partial charge on any atom is 0.135 e. The molecule has 274 valence electrons. The number of para-hydroxylation sites is 2. The minimum atomic E-state index is -0.340. The SMILES string of the molecule is CC1(c2ccccc2)c2ccccc2-c2ccc(N(c3ccc4oc5ccccc5c4c3)c3ccccc3-c3ccccc3-c3ccccc3-c3ccccc3)cc21. The van der Waals surface area contributed by atoms with E-state index in [0.29, 0.717) is 0 Å². The average molecular weight is 742 g/mol. The van der Waals surface area contributed by atoms with Crippen molar-refractivity contribution in [3.8, 4) is 44.5 Å². The number of hydrogen-bond acceptors (Lipinski definition) is 2. The normalized spacial score (nSPS) is 14.4. The molecule has 0 radical (unpaired) electrons. The van der Waals surface area contributed by atoms with Gasteiger partial charge in [0.15, 0.2) is 0 Å². The first kappa shape index (κ1) is 33.9. The molecule has 1 unspecified atom stereocenters. The summed E-state index contributed by atoms with van der Waals surface area (Å²) in [6.45, 7) is 2.39. The molecular weight excluding hydrogens is 703 g/mol. The first-order valence-electron chi connectivity index (χ1n) is 20.0. The maximum absolute atomic E-state index is 6.36.